The molecule has 4 aromatic rings. The minimum absolute atomic E-state index is 0.391. The normalized spacial score (nSPS) is 11.4. The number of fused-ring (bicyclic) bond motifs is 3. The summed E-state index contributed by atoms with van der Waals surface area (Å²) in [4.78, 5) is 21.5. The number of hydrogen-bond acceptors (Lipinski definition) is 4. The Morgan fingerprint density at radius 2 is 2.07 bits per heavy atom. The summed E-state index contributed by atoms with van der Waals surface area (Å²) in [6, 6.07) is 15.9. The first-order valence-electron chi connectivity index (χ1n) is 10.1. The van der Waals surface area contributed by atoms with Crippen molar-refractivity contribution in [2.24, 2.45) is 4.99 Å². The van der Waals surface area contributed by atoms with Crippen molar-refractivity contribution in [3.8, 4) is 11.3 Å². The average molecular weight is 400 g/mol. The number of hydrogen-bond donors (Lipinski definition) is 1. The molecule has 0 unspecified atom stereocenters. The summed E-state index contributed by atoms with van der Waals surface area (Å²) in [6.45, 7) is 6.32. The van der Waals surface area contributed by atoms with Gasteiger partial charge in [0.2, 0.25) is 0 Å². The van der Waals surface area contributed by atoms with Gasteiger partial charge >= 0.3 is 6.09 Å². The maximum Gasteiger partial charge on any atom is 0.411 e. The monoisotopic (exact) mass is 400 g/mol. The van der Waals surface area contributed by atoms with Crippen LogP contribution in [-0.4, -0.2) is 28.3 Å². The second kappa shape index (κ2) is 8.37. The van der Waals surface area contributed by atoms with Crippen molar-refractivity contribution in [1.82, 2.24) is 9.38 Å². The lowest BCUT2D eigenvalue weighted by Gasteiger charge is -2.08. The standard InChI is InChI=1S/C24H24N4O2/c1-4-14-30-24(29)26-18-11-10-17-12-13-28-22(20(17)15-18)27-21(23(28)25-5-2)19-9-7-6-8-16(19)3/h5-13,15H,4,14H2,1-3H3,(H,26,29). The number of benzene rings is 2. The molecule has 4 rings (SSSR count). The Bertz CT molecular complexity index is 1260. The fourth-order valence-corrected chi connectivity index (χ4v) is 3.50. The molecular formula is C24H24N4O2. The molecule has 0 bridgehead atoms. The van der Waals surface area contributed by atoms with E-state index in [2.05, 4.69) is 29.4 Å². The first-order valence-corrected chi connectivity index (χ1v) is 10.1. The number of aliphatic imine (C=N–C) groups is 1. The first-order chi connectivity index (χ1) is 14.6. The number of nitrogens with one attached hydrogen (secondary N) is 1. The second-order valence-corrected chi connectivity index (χ2v) is 7.06. The molecule has 1 N–H and O–H groups in total. The number of imidazole rings is 1. The van der Waals surface area contributed by atoms with E-state index in [1.54, 1.807) is 6.21 Å². The van der Waals surface area contributed by atoms with Crippen molar-refractivity contribution < 1.29 is 9.53 Å². The Morgan fingerprint density at radius 3 is 2.83 bits per heavy atom. The largest absolute Gasteiger partial charge is 0.449 e. The molecule has 6 heteroatoms. The van der Waals surface area contributed by atoms with Gasteiger partial charge in [0, 0.05) is 29.0 Å². The number of carbonyl (C=O) groups excluding carboxylic acids is 1. The fourth-order valence-electron chi connectivity index (χ4n) is 3.50. The number of carbonyl (C=O) groups is 1. The molecule has 0 aliphatic heterocycles. The second-order valence-electron chi connectivity index (χ2n) is 7.06. The Hall–Kier alpha value is -3.67. The summed E-state index contributed by atoms with van der Waals surface area (Å²) in [5.74, 6) is 0.782. The molecular weight excluding hydrogens is 376 g/mol. The number of rotatable bonds is 5. The summed E-state index contributed by atoms with van der Waals surface area (Å²) < 4.78 is 7.12. The zero-order valence-corrected chi connectivity index (χ0v) is 17.3. The van der Waals surface area contributed by atoms with Crippen LogP contribution >= 0.6 is 0 Å². The fraction of sp³-hybridized carbons (Fsp3) is 0.208. The van der Waals surface area contributed by atoms with E-state index in [1.165, 1.54) is 0 Å². The van der Waals surface area contributed by atoms with Crippen LogP contribution in [0, 0.1) is 6.92 Å². The highest BCUT2D eigenvalue weighted by molar-refractivity contribution is 6.00. The topological polar surface area (TPSA) is 68.0 Å². The number of amides is 1. The van der Waals surface area contributed by atoms with Gasteiger partial charge in [-0.2, -0.15) is 0 Å². The highest BCUT2D eigenvalue weighted by Gasteiger charge is 2.17. The number of ether oxygens (including phenoxy) is 1. The van der Waals surface area contributed by atoms with Crippen LogP contribution in [0.4, 0.5) is 16.3 Å². The van der Waals surface area contributed by atoms with E-state index >= 15 is 0 Å². The van der Waals surface area contributed by atoms with Gasteiger partial charge in [-0.25, -0.2) is 14.8 Å². The summed E-state index contributed by atoms with van der Waals surface area (Å²) in [6.07, 6.45) is 4.08. The van der Waals surface area contributed by atoms with Crippen LogP contribution in [-0.2, 0) is 4.74 Å². The molecule has 0 saturated carbocycles. The summed E-state index contributed by atoms with van der Waals surface area (Å²) in [7, 11) is 0. The Kier molecular flexibility index (Phi) is 5.48. The molecule has 0 aliphatic rings. The Balaban J connectivity index is 1.88. The Morgan fingerprint density at radius 1 is 1.23 bits per heavy atom. The molecule has 30 heavy (non-hydrogen) atoms. The van der Waals surface area contributed by atoms with E-state index in [-0.39, 0.29) is 0 Å². The molecule has 2 aromatic heterocycles. The quantitative estimate of drug-likeness (QED) is 0.409. The van der Waals surface area contributed by atoms with Crippen LogP contribution in [0.2, 0.25) is 0 Å². The van der Waals surface area contributed by atoms with Gasteiger partial charge in [-0.15, -0.1) is 0 Å². The predicted octanol–water partition coefficient (Wildman–Crippen LogP) is 6.14. The van der Waals surface area contributed by atoms with E-state index in [9.17, 15) is 4.79 Å². The lowest BCUT2D eigenvalue weighted by Crippen LogP contribution is -2.13. The van der Waals surface area contributed by atoms with E-state index in [1.807, 2.05) is 60.8 Å². The SMILES string of the molecule is CC=Nc1c(-c2ccccc2C)nc2c3cc(NC(=O)OCCC)ccc3ccn12. The predicted molar refractivity (Wildman–Crippen MR) is 122 cm³/mol. The van der Waals surface area contributed by atoms with Gasteiger partial charge in [-0.3, -0.25) is 9.72 Å². The van der Waals surface area contributed by atoms with Crippen LogP contribution in [0.5, 0.6) is 0 Å². The third-order valence-corrected chi connectivity index (χ3v) is 4.92. The smallest absolute Gasteiger partial charge is 0.411 e. The third-order valence-electron chi connectivity index (χ3n) is 4.92. The first kappa shape index (κ1) is 19.6. The summed E-state index contributed by atoms with van der Waals surface area (Å²) in [5.41, 5.74) is 4.47. The van der Waals surface area contributed by atoms with Gasteiger partial charge in [0.1, 0.15) is 11.3 Å². The van der Waals surface area contributed by atoms with Crippen molar-refractivity contribution in [1.29, 1.82) is 0 Å². The van der Waals surface area contributed by atoms with Crippen molar-refractivity contribution in [3.63, 3.8) is 0 Å². The van der Waals surface area contributed by atoms with Crippen molar-refractivity contribution >= 4 is 40.2 Å². The lowest BCUT2D eigenvalue weighted by atomic mass is 10.1. The molecule has 152 valence electrons. The van der Waals surface area contributed by atoms with Crippen LogP contribution in [0.1, 0.15) is 25.8 Å². The highest BCUT2D eigenvalue weighted by Crippen LogP contribution is 2.35. The third kappa shape index (κ3) is 3.64. The van der Waals surface area contributed by atoms with Gasteiger partial charge in [0.05, 0.1) is 6.61 Å². The summed E-state index contributed by atoms with van der Waals surface area (Å²) >= 11 is 0. The molecule has 0 fully saturated rings. The molecule has 6 nitrogen and oxygen atoms in total. The van der Waals surface area contributed by atoms with E-state index in [0.717, 1.165) is 45.5 Å². The van der Waals surface area contributed by atoms with Crippen molar-refractivity contribution in [2.75, 3.05) is 11.9 Å². The minimum Gasteiger partial charge on any atom is -0.449 e. The van der Waals surface area contributed by atoms with Crippen LogP contribution in [0.15, 0.2) is 59.7 Å². The van der Waals surface area contributed by atoms with E-state index in [4.69, 9.17) is 9.72 Å². The molecule has 2 heterocycles. The maximum absolute atomic E-state index is 12.0. The number of aromatic nitrogens is 2. The molecule has 0 saturated heterocycles. The Labute approximate surface area is 175 Å². The molecule has 0 spiro atoms. The number of aryl methyl sites for hydroxylation is 1. The molecule has 0 radical (unpaired) electrons. The number of pyridine rings is 1. The van der Waals surface area contributed by atoms with Gasteiger partial charge in [0.15, 0.2) is 5.82 Å². The zero-order valence-electron chi connectivity index (χ0n) is 17.3. The molecule has 0 aliphatic carbocycles. The zero-order chi connectivity index (χ0) is 21.1. The number of anilines is 1. The van der Waals surface area contributed by atoms with Crippen LogP contribution in [0.25, 0.3) is 27.7 Å². The van der Waals surface area contributed by atoms with Gasteiger partial charge in [-0.1, -0.05) is 37.3 Å². The van der Waals surface area contributed by atoms with Crippen molar-refractivity contribution in [2.45, 2.75) is 27.2 Å². The van der Waals surface area contributed by atoms with Gasteiger partial charge in [0.25, 0.3) is 0 Å². The van der Waals surface area contributed by atoms with Crippen LogP contribution in [0.3, 0.4) is 0 Å². The molecule has 1 amide bonds. The lowest BCUT2D eigenvalue weighted by molar-refractivity contribution is 0.161. The van der Waals surface area contributed by atoms with E-state index in [0.29, 0.717) is 12.3 Å². The average Bonchev–Trinajstić information content (AvgIpc) is 3.11. The minimum atomic E-state index is -0.455. The van der Waals surface area contributed by atoms with Crippen LogP contribution < -0.4 is 5.32 Å². The van der Waals surface area contributed by atoms with Crippen molar-refractivity contribution in [3.05, 3.63) is 60.3 Å². The van der Waals surface area contributed by atoms with Gasteiger partial charge in [-0.05, 0) is 49.4 Å². The maximum atomic E-state index is 12.0. The molecule has 2 aromatic carbocycles. The summed E-state index contributed by atoms with van der Waals surface area (Å²) in [5, 5.41) is 4.75. The number of nitrogens with zero attached hydrogens (tertiary/aromatic N) is 3. The van der Waals surface area contributed by atoms with Gasteiger partial charge < -0.3 is 4.74 Å². The molecule has 0 atom stereocenters. The van der Waals surface area contributed by atoms with E-state index < -0.39 is 6.09 Å². The highest BCUT2D eigenvalue weighted by atomic mass is 16.5.